The zero-order chi connectivity index (χ0) is 12.4. The number of likely N-dealkylation sites (N-methyl/N-ethyl adjacent to an activating group) is 1. The fourth-order valence-electron chi connectivity index (χ4n) is 2.36. The van der Waals surface area contributed by atoms with E-state index in [9.17, 15) is 4.79 Å². The molecule has 1 aromatic rings. The second kappa shape index (κ2) is 5.32. The van der Waals surface area contributed by atoms with E-state index in [0.29, 0.717) is 18.3 Å². The van der Waals surface area contributed by atoms with Crippen molar-refractivity contribution in [1.82, 2.24) is 4.90 Å². The number of nitrogens with zero attached hydrogens (tertiary/aromatic N) is 1. The van der Waals surface area contributed by atoms with Crippen LogP contribution in [0, 0.1) is 0 Å². The average molecular weight is 296 g/mol. The van der Waals surface area contributed by atoms with Gasteiger partial charge in [0.1, 0.15) is 6.29 Å². The lowest BCUT2D eigenvalue weighted by Crippen LogP contribution is -2.41. The molecule has 1 heterocycles. The summed E-state index contributed by atoms with van der Waals surface area (Å²) in [5.74, 6) is 0.965. The van der Waals surface area contributed by atoms with Crippen molar-refractivity contribution >= 4 is 22.2 Å². The molecule has 2 nitrogen and oxygen atoms in total. The minimum absolute atomic E-state index is 0.307. The van der Waals surface area contributed by atoms with Crippen molar-refractivity contribution in [3.8, 4) is 0 Å². The van der Waals surface area contributed by atoms with E-state index in [1.807, 2.05) is 0 Å². The van der Waals surface area contributed by atoms with Gasteiger partial charge in [-0.3, -0.25) is 0 Å². The number of aldehydes is 1. The number of carbonyl (C=O) groups is 1. The average Bonchev–Trinajstić information content (AvgIpc) is 2.25. The molecule has 92 valence electrons. The van der Waals surface area contributed by atoms with Gasteiger partial charge in [-0.15, -0.1) is 0 Å². The van der Waals surface area contributed by atoms with Crippen LogP contribution in [0.15, 0.2) is 22.7 Å². The lowest BCUT2D eigenvalue weighted by molar-refractivity contribution is -0.108. The zero-order valence-corrected chi connectivity index (χ0v) is 11.9. The molecule has 0 N–H and O–H groups in total. The first kappa shape index (κ1) is 12.8. The Morgan fingerprint density at radius 1 is 1.53 bits per heavy atom. The molecule has 1 aliphatic heterocycles. The number of likely N-dealkylation sites (tertiary alicyclic amines) is 1. The molecule has 0 aromatic heterocycles. The van der Waals surface area contributed by atoms with Gasteiger partial charge in [0.05, 0.1) is 0 Å². The van der Waals surface area contributed by atoms with E-state index in [0.717, 1.165) is 19.4 Å². The summed E-state index contributed by atoms with van der Waals surface area (Å²) in [6, 6.07) is 6.53. The summed E-state index contributed by atoms with van der Waals surface area (Å²) in [4.78, 5) is 12.8. The van der Waals surface area contributed by atoms with E-state index in [1.165, 1.54) is 15.6 Å². The second-order valence-corrected chi connectivity index (χ2v) is 5.86. The van der Waals surface area contributed by atoms with Crippen LogP contribution in [0.1, 0.15) is 36.3 Å². The van der Waals surface area contributed by atoms with Crippen LogP contribution in [0.2, 0.25) is 0 Å². The molecule has 0 saturated carbocycles. The summed E-state index contributed by atoms with van der Waals surface area (Å²) in [6.45, 7) is 4.37. The lowest BCUT2D eigenvalue weighted by Gasteiger charge is -2.37. The maximum absolute atomic E-state index is 10.5. The summed E-state index contributed by atoms with van der Waals surface area (Å²) in [6.07, 6.45) is 1.59. The summed E-state index contributed by atoms with van der Waals surface area (Å²) < 4.78 is 1.19. The molecule has 0 amide bonds. The third-order valence-corrected chi connectivity index (χ3v) is 4.23. The predicted octanol–water partition coefficient (Wildman–Crippen LogP) is 3.17. The first-order valence-corrected chi connectivity index (χ1v) is 6.82. The minimum atomic E-state index is 0.307. The zero-order valence-electron chi connectivity index (χ0n) is 10.3. The molecular formula is C14H18BrNO. The molecular weight excluding hydrogens is 278 g/mol. The van der Waals surface area contributed by atoms with Crippen molar-refractivity contribution in [3.63, 3.8) is 0 Å². The van der Waals surface area contributed by atoms with Gasteiger partial charge in [-0.1, -0.05) is 35.0 Å². The van der Waals surface area contributed by atoms with Gasteiger partial charge in [0, 0.05) is 29.9 Å². The Kier molecular flexibility index (Phi) is 4.00. The molecule has 1 aliphatic rings. The third-order valence-electron chi connectivity index (χ3n) is 3.55. The quantitative estimate of drug-likeness (QED) is 0.795. The predicted molar refractivity (Wildman–Crippen MR) is 73.5 cm³/mol. The van der Waals surface area contributed by atoms with Crippen LogP contribution in [0.25, 0.3) is 0 Å². The van der Waals surface area contributed by atoms with E-state index < -0.39 is 0 Å². The molecule has 1 atom stereocenters. The molecule has 1 saturated heterocycles. The van der Waals surface area contributed by atoms with E-state index in [-0.39, 0.29) is 0 Å². The number of halogens is 1. The van der Waals surface area contributed by atoms with Crippen molar-refractivity contribution in [1.29, 1.82) is 0 Å². The maximum Gasteiger partial charge on any atom is 0.120 e. The highest BCUT2D eigenvalue weighted by atomic mass is 79.9. The Morgan fingerprint density at radius 2 is 2.24 bits per heavy atom. The molecule has 1 unspecified atom stereocenters. The van der Waals surface area contributed by atoms with Crippen LogP contribution in [0.3, 0.4) is 0 Å². The fourth-order valence-corrected chi connectivity index (χ4v) is 3.08. The highest BCUT2D eigenvalue weighted by Gasteiger charge is 2.26. The SMILES string of the molecule is CC(CC=O)c1ccc(C2CN(C)C2)c(Br)c1. The highest BCUT2D eigenvalue weighted by molar-refractivity contribution is 9.10. The summed E-state index contributed by atoms with van der Waals surface area (Å²) >= 11 is 3.65. The Hall–Kier alpha value is -0.670. The molecule has 0 spiro atoms. The Balaban J connectivity index is 2.14. The fraction of sp³-hybridized carbons (Fsp3) is 0.500. The van der Waals surface area contributed by atoms with Crippen LogP contribution in [0.5, 0.6) is 0 Å². The van der Waals surface area contributed by atoms with Gasteiger partial charge in [0.25, 0.3) is 0 Å². The van der Waals surface area contributed by atoms with Gasteiger partial charge in [-0.25, -0.2) is 0 Å². The third kappa shape index (κ3) is 2.78. The topological polar surface area (TPSA) is 20.3 Å². The van der Waals surface area contributed by atoms with Crippen LogP contribution in [0.4, 0.5) is 0 Å². The standard InChI is InChI=1S/C14H18BrNO/c1-10(5-6-17)11-3-4-13(14(15)7-11)12-8-16(2)9-12/h3-4,6-7,10,12H,5,8-9H2,1-2H3. The largest absolute Gasteiger partial charge is 0.305 e. The molecule has 17 heavy (non-hydrogen) atoms. The molecule has 0 aliphatic carbocycles. The van der Waals surface area contributed by atoms with E-state index in [1.54, 1.807) is 0 Å². The summed E-state index contributed by atoms with van der Waals surface area (Å²) in [5.41, 5.74) is 2.63. The second-order valence-electron chi connectivity index (χ2n) is 5.00. The van der Waals surface area contributed by atoms with Gasteiger partial charge in [-0.2, -0.15) is 0 Å². The van der Waals surface area contributed by atoms with Crippen molar-refractivity contribution in [2.75, 3.05) is 20.1 Å². The molecule has 2 rings (SSSR count). The highest BCUT2D eigenvalue weighted by Crippen LogP contribution is 2.33. The lowest BCUT2D eigenvalue weighted by atomic mass is 9.89. The van der Waals surface area contributed by atoms with Crippen LogP contribution in [-0.2, 0) is 4.79 Å². The van der Waals surface area contributed by atoms with Crippen molar-refractivity contribution in [3.05, 3.63) is 33.8 Å². The normalized spacial score (nSPS) is 18.8. The van der Waals surface area contributed by atoms with E-state index in [2.05, 4.69) is 53.0 Å². The molecule has 0 bridgehead atoms. The number of carbonyl (C=O) groups excluding carboxylic acids is 1. The van der Waals surface area contributed by atoms with Crippen molar-refractivity contribution in [2.45, 2.75) is 25.2 Å². The van der Waals surface area contributed by atoms with Gasteiger partial charge < -0.3 is 9.69 Å². The van der Waals surface area contributed by atoms with Crippen LogP contribution >= 0.6 is 15.9 Å². The Morgan fingerprint density at radius 3 is 2.76 bits per heavy atom. The van der Waals surface area contributed by atoms with Crippen LogP contribution in [-0.4, -0.2) is 31.3 Å². The molecule has 1 fully saturated rings. The van der Waals surface area contributed by atoms with E-state index >= 15 is 0 Å². The Labute approximate surface area is 111 Å². The van der Waals surface area contributed by atoms with Crippen molar-refractivity contribution in [2.24, 2.45) is 0 Å². The van der Waals surface area contributed by atoms with E-state index in [4.69, 9.17) is 0 Å². The van der Waals surface area contributed by atoms with Gasteiger partial charge in [-0.05, 0) is 30.2 Å². The molecule has 3 heteroatoms. The van der Waals surface area contributed by atoms with Gasteiger partial charge in [0.15, 0.2) is 0 Å². The summed E-state index contributed by atoms with van der Waals surface area (Å²) in [7, 11) is 2.14. The van der Waals surface area contributed by atoms with Crippen LogP contribution < -0.4 is 0 Å². The summed E-state index contributed by atoms with van der Waals surface area (Å²) in [5, 5.41) is 0. The molecule has 0 radical (unpaired) electrons. The Bertz CT molecular complexity index is 413. The number of rotatable bonds is 4. The van der Waals surface area contributed by atoms with Gasteiger partial charge in [0.2, 0.25) is 0 Å². The molecule has 1 aromatic carbocycles. The number of benzene rings is 1. The maximum atomic E-state index is 10.5. The first-order chi connectivity index (χ1) is 8.11. The smallest absolute Gasteiger partial charge is 0.120 e. The minimum Gasteiger partial charge on any atom is -0.305 e. The monoisotopic (exact) mass is 295 g/mol. The van der Waals surface area contributed by atoms with Gasteiger partial charge >= 0.3 is 0 Å². The first-order valence-electron chi connectivity index (χ1n) is 6.03. The number of hydrogen-bond acceptors (Lipinski definition) is 2. The number of hydrogen-bond donors (Lipinski definition) is 0. The van der Waals surface area contributed by atoms with Crippen molar-refractivity contribution < 1.29 is 4.79 Å².